The van der Waals surface area contributed by atoms with Crippen molar-refractivity contribution in [1.82, 2.24) is 4.67 Å². The van der Waals surface area contributed by atoms with Crippen molar-refractivity contribution in [2.24, 2.45) is 0 Å². The van der Waals surface area contributed by atoms with Crippen molar-refractivity contribution in [3.63, 3.8) is 0 Å². The van der Waals surface area contributed by atoms with Gasteiger partial charge in [0.2, 0.25) is 0 Å². The fraction of sp³-hybridized carbons (Fsp3) is 0.933. The molecule has 1 aliphatic rings. The summed E-state index contributed by atoms with van der Waals surface area (Å²) in [6.45, 7) is 8.83. The molecule has 1 aliphatic heterocycles. The molecule has 0 spiro atoms. The molecule has 0 aromatic carbocycles. The highest BCUT2D eigenvalue weighted by Crippen LogP contribution is 2.48. The first-order valence-corrected chi connectivity index (χ1v) is 11.8. The van der Waals surface area contributed by atoms with E-state index < -0.39 is 14.6 Å². The minimum atomic E-state index is -1.28. The molecule has 1 rings (SSSR count). The van der Waals surface area contributed by atoms with Crippen molar-refractivity contribution in [3.05, 3.63) is 0 Å². The lowest BCUT2D eigenvalue weighted by Gasteiger charge is -2.38. The number of nitriles is 1. The largest absolute Gasteiger partial charge is 0.390 e. The van der Waals surface area contributed by atoms with Gasteiger partial charge in [-0.25, -0.2) is 4.67 Å². The van der Waals surface area contributed by atoms with Crippen molar-refractivity contribution >= 4 is 30.1 Å². The first-order valence-electron chi connectivity index (χ1n) is 8.14. The number of aliphatic hydroxyl groups is 1. The zero-order valence-electron chi connectivity index (χ0n) is 14.5. The van der Waals surface area contributed by atoms with Gasteiger partial charge in [-0.1, -0.05) is 21.6 Å². The van der Waals surface area contributed by atoms with Crippen molar-refractivity contribution in [2.75, 3.05) is 18.1 Å². The van der Waals surface area contributed by atoms with Gasteiger partial charge in [0.1, 0.15) is 6.10 Å². The maximum atomic E-state index is 10.4. The van der Waals surface area contributed by atoms with Gasteiger partial charge in [0.15, 0.2) is 0 Å². The van der Waals surface area contributed by atoms with E-state index in [2.05, 4.69) is 38.4 Å². The summed E-state index contributed by atoms with van der Waals surface area (Å²) in [5.74, 6) is 1.84. The van der Waals surface area contributed by atoms with E-state index in [1.807, 2.05) is 10.8 Å². The fourth-order valence-corrected chi connectivity index (χ4v) is 6.51. The van der Waals surface area contributed by atoms with Crippen LogP contribution in [-0.4, -0.2) is 52.2 Å². The monoisotopic (exact) mass is 380 g/mol. The summed E-state index contributed by atoms with van der Waals surface area (Å²) in [6.07, 6.45) is 1.45. The Hall–Kier alpha value is 0.460. The van der Waals surface area contributed by atoms with E-state index in [0.717, 1.165) is 24.3 Å². The van der Waals surface area contributed by atoms with Gasteiger partial charge in [-0.2, -0.15) is 5.26 Å². The summed E-state index contributed by atoms with van der Waals surface area (Å²) < 4.78 is 14.4. The maximum Gasteiger partial charge on any atom is 0.259 e. The van der Waals surface area contributed by atoms with E-state index in [4.69, 9.17) is 14.3 Å². The van der Waals surface area contributed by atoms with Gasteiger partial charge in [-0.15, -0.1) is 0 Å². The standard InChI is InChI=1S/C15H29N2O3PS2/c1-12(2)17(13(3)4)21(19-9-6-8-16)20-15-11-23-22-10-5-7-14(15)18/h12-15,18H,5-7,9-11H2,1-4H3/t14-,15-,21?/m0/s1. The Kier molecular flexibility index (Phi) is 11.1. The van der Waals surface area contributed by atoms with Crippen LogP contribution >= 0.6 is 30.1 Å². The van der Waals surface area contributed by atoms with Crippen LogP contribution in [0.1, 0.15) is 47.0 Å². The topological polar surface area (TPSA) is 65.7 Å². The normalized spacial score (nSPS) is 24.5. The molecule has 1 heterocycles. The smallest absolute Gasteiger partial charge is 0.259 e. The molecule has 0 saturated carbocycles. The summed E-state index contributed by atoms with van der Waals surface area (Å²) in [6, 6.07) is 2.65. The van der Waals surface area contributed by atoms with Gasteiger partial charge in [0, 0.05) is 23.6 Å². The molecule has 5 nitrogen and oxygen atoms in total. The van der Waals surface area contributed by atoms with Crippen LogP contribution in [0.15, 0.2) is 0 Å². The number of aliphatic hydroxyl groups excluding tert-OH is 1. The van der Waals surface area contributed by atoms with Crippen LogP contribution in [0.25, 0.3) is 0 Å². The zero-order chi connectivity index (χ0) is 17.2. The average Bonchev–Trinajstić information content (AvgIpc) is 2.46. The molecule has 0 aliphatic carbocycles. The van der Waals surface area contributed by atoms with Crippen molar-refractivity contribution in [3.8, 4) is 6.07 Å². The Balaban J connectivity index is 2.78. The van der Waals surface area contributed by atoms with E-state index in [-0.39, 0.29) is 18.2 Å². The lowest BCUT2D eigenvalue weighted by Crippen LogP contribution is -2.38. The van der Waals surface area contributed by atoms with Crippen LogP contribution in [0, 0.1) is 11.3 Å². The Labute approximate surface area is 149 Å². The molecule has 0 radical (unpaired) electrons. The molecule has 0 bridgehead atoms. The van der Waals surface area contributed by atoms with Crippen LogP contribution in [0.2, 0.25) is 0 Å². The number of hydrogen-bond donors (Lipinski definition) is 1. The predicted octanol–water partition coefficient (Wildman–Crippen LogP) is 4.18. The van der Waals surface area contributed by atoms with Gasteiger partial charge in [0.05, 0.1) is 25.2 Å². The summed E-state index contributed by atoms with van der Waals surface area (Å²) in [5.41, 5.74) is 0. The zero-order valence-corrected chi connectivity index (χ0v) is 17.0. The average molecular weight is 381 g/mol. The minimum Gasteiger partial charge on any atom is -0.390 e. The molecule has 8 heteroatoms. The number of hydrogen-bond acceptors (Lipinski definition) is 7. The van der Waals surface area contributed by atoms with E-state index in [9.17, 15) is 5.11 Å². The molecule has 134 valence electrons. The third-order valence-electron chi connectivity index (χ3n) is 3.36. The van der Waals surface area contributed by atoms with Gasteiger partial charge < -0.3 is 14.2 Å². The second kappa shape index (κ2) is 11.9. The van der Waals surface area contributed by atoms with Crippen molar-refractivity contribution in [1.29, 1.82) is 5.26 Å². The molecule has 0 aromatic rings. The van der Waals surface area contributed by atoms with Crippen molar-refractivity contribution in [2.45, 2.75) is 71.2 Å². The van der Waals surface area contributed by atoms with Crippen molar-refractivity contribution < 1.29 is 14.2 Å². The predicted molar refractivity (Wildman–Crippen MR) is 100 cm³/mol. The highest BCUT2D eigenvalue weighted by atomic mass is 33.1. The maximum absolute atomic E-state index is 10.4. The second-order valence-electron chi connectivity index (χ2n) is 6.01. The quantitative estimate of drug-likeness (QED) is 0.385. The molecule has 1 N–H and O–H groups in total. The van der Waals surface area contributed by atoms with Crippen LogP contribution < -0.4 is 0 Å². The molecular weight excluding hydrogens is 351 g/mol. The first kappa shape index (κ1) is 21.5. The number of rotatable bonds is 8. The minimum absolute atomic E-state index is 0.221. The molecule has 1 unspecified atom stereocenters. The first-order chi connectivity index (χ1) is 11.0. The molecule has 23 heavy (non-hydrogen) atoms. The molecule has 0 amide bonds. The van der Waals surface area contributed by atoms with Crippen LogP contribution in [0.3, 0.4) is 0 Å². The molecule has 0 aromatic heterocycles. The van der Waals surface area contributed by atoms with E-state index in [1.54, 1.807) is 10.8 Å². The number of nitrogens with zero attached hydrogens (tertiary/aromatic N) is 2. The summed E-state index contributed by atoms with van der Waals surface area (Å²) >= 11 is 0. The second-order valence-corrected chi connectivity index (χ2v) is 10.0. The Morgan fingerprint density at radius 2 is 2.00 bits per heavy atom. The molecular formula is C15H29N2O3PS2. The Morgan fingerprint density at radius 1 is 1.30 bits per heavy atom. The summed E-state index contributed by atoms with van der Waals surface area (Å²) in [5, 5.41) is 19.1. The Morgan fingerprint density at radius 3 is 2.61 bits per heavy atom. The molecule has 1 fully saturated rings. The van der Waals surface area contributed by atoms with E-state index >= 15 is 0 Å². The van der Waals surface area contributed by atoms with E-state index in [1.165, 1.54) is 0 Å². The highest BCUT2D eigenvalue weighted by Gasteiger charge is 2.32. The van der Waals surface area contributed by atoms with Crippen LogP contribution in [0.4, 0.5) is 0 Å². The van der Waals surface area contributed by atoms with Crippen LogP contribution in [-0.2, 0) is 9.05 Å². The fourth-order valence-electron chi connectivity index (χ4n) is 2.33. The van der Waals surface area contributed by atoms with Gasteiger partial charge in [-0.3, -0.25) is 0 Å². The van der Waals surface area contributed by atoms with E-state index in [0.29, 0.717) is 13.0 Å². The third-order valence-corrected chi connectivity index (χ3v) is 8.01. The van der Waals surface area contributed by atoms with Gasteiger partial charge in [0.25, 0.3) is 8.53 Å². The highest BCUT2D eigenvalue weighted by molar-refractivity contribution is 8.76. The summed E-state index contributed by atoms with van der Waals surface area (Å²) in [4.78, 5) is 0. The lowest BCUT2D eigenvalue weighted by atomic mass is 10.1. The van der Waals surface area contributed by atoms with Crippen LogP contribution in [0.5, 0.6) is 0 Å². The third kappa shape index (κ3) is 7.92. The van der Waals surface area contributed by atoms with Gasteiger partial charge >= 0.3 is 0 Å². The SMILES string of the molecule is CC(C)N(C(C)C)P(OCCC#N)O[C@H]1CSSCCC[C@@H]1O. The lowest BCUT2D eigenvalue weighted by molar-refractivity contribution is 0.0308. The summed E-state index contributed by atoms with van der Waals surface area (Å²) in [7, 11) is 2.31. The molecule has 1 saturated heterocycles. The van der Waals surface area contributed by atoms with Gasteiger partial charge in [-0.05, 0) is 40.5 Å². The molecule has 3 atom stereocenters. The Bertz CT molecular complexity index is 361.